The average molecular weight is 265 g/mol. The first kappa shape index (κ1) is 11.9. The first-order chi connectivity index (χ1) is 8.70. The number of halogens is 1. The van der Waals surface area contributed by atoms with Gasteiger partial charge in [0.25, 0.3) is 0 Å². The lowest BCUT2D eigenvalue weighted by molar-refractivity contribution is 0.415. The van der Waals surface area contributed by atoms with Crippen molar-refractivity contribution in [3.8, 4) is 5.75 Å². The molecule has 1 aromatic heterocycles. The van der Waals surface area contributed by atoms with E-state index in [1.165, 1.54) is 23.0 Å². The number of nitrogens with one attached hydrogen (secondary N) is 1. The highest BCUT2D eigenvalue weighted by Crippen LogP contribution is 2.34. The molecule has 0 amide bonds. The normalized spacial score (nSPS) is 19.6. The van der Waals surface area contributed by atoms with Crippen LogP contribution in [0.2, 0.25) is 5.02 Å². The van der Waals surface area contributed by atoms with E-state index in [1.54, 1.807) is 7.11 Å². The number of aromatic nitrogens is 1. The first-order valence-corrected chi connectivity index (χ1v) is 6.62. The Hall–Kier alpha value is -1.19. The number of hydrogen-bond donors (Lipinski definition) is 1. The number of fused-ring (bicyclic) bond motifs is 1. The van der Waals surface area contributed by atoms with Crippen LogP contribution in [0.5, 0.6) is 5.75 Å². The molecule has 3 nitrogen and oxygen atoms in total. The van der Waals surface area contributed by atoms with Crippen molar-refractivity contribution < 1.29 is 4.74 Å². The maximum atomic E-state index is 6.19. The van der Waals surface area contributed by atoms with Gasteiger partial charge < -0.3 is 14.6 Å². The second kappa shape index (κ2) is 4.48. The SMILES string of the molecule is COc1cc2cc(C3CCNC3)n(C)c2cc1Cl. The lowest BCUT2D eigenvalue weighted by Gasteiger charge is -2.10. The standard InChI is InChI=1S/C14H17ClN2O/c1-17-12(9-3-4-16-8-9)5-10-6-14(18-2)11(15)7-13(10)17/h5-7,9,16H,3-4,8H2,1-2H3. The molecule has 0 spiro atoms. The minimum atomic E-state index is 0.604. The molecule has 0 radical (unpaired) electrons. The van der Waals surface area contributed by atoms with Crippen molar-refractivity contribution in [3.05, 3.63) is 28.9 Å². The zero-order valence-corrected chi connectivity index (χ0v) is 11.4. The van der Waals surface area contributed by atoms with Crippen LogP contribution in [0.3, 0.4) is 0 Å². The summed E-state index contributed by atoms with van der Waals surface area (Å²) >= 11 is 6.19. The molecule has 1 aliphatic rings. The third-order valence-corrected chi connectivity index (χ3v) is 4.13. The van der Waals surface area contributed by atoms with Crippen molar-refractivity contribution in [3.63, 3.8) is 0 Å². The van der Waals surface area contributed by atoms with E-state index < -0.39 is 0 Å². The van der Waals surface area contributed by atoms with Crippen molar-refractivity contribution in [1.29, 1.82) is 0 Å². The Morgan fingerprint density at radius 1 is 1.39 bits per heavy atom. The summed E-state index contributed by atoms with van der Waals surface area (Å²) in [7, 11) is 3.76. The summed E-state index contributed by atoms with van der Waals surface area (Å²) in [4.78, 5) is 0. The van der Waals surface area contributed by atoms with Crippen LogP contribution in [-0.4, -0.2) is 24.8 Å². The number of nitrogens with zero attached hydrogens (tertiary/aromatic N) is 1. The van der Waals surface area contributed by atoms with Gasteiger partial charge in [0.1, 0.15) is 5.75 Å². The molecule has 3 rings (SSSR count). The van der Waals surface area contributed by atoms with Gasteiger partial charge in [-0.3, -0.25) is 0 Å². The van der Waals surface area contributed by atoms with Gasteiger partial charge in [0, 0.05) is 36.1 Å². The Morgan fingerprint density at radius 2 is 2.22 bits per heavy atom. The van der Waals surface area contributed by atoms with Crippen LogP contribution in [0.15, 0.2) is 18.2 Å². The van der Waals surface area contributed by atoms with E-state index in [4.69, 9.17) is 16.3 Å². The quantitative estimate of drug-likeness (QED) is 0.903. The predicted octanol–water partition coefficient (Wildman–Crippen LogP) is 2.92. The minimum absolute atomic E-state index is 0.604. The molecule has 18 heavy (non-hydrogen) atoms. The Morgan fingerprint density at radius 3 is 2.89 bits per heavy atom. The molecule has 96 valence electrons. The molecule has 1 fully saturated rings. The van der Waals surface area contributed by atoms with E-state index in [9.17, 15) is 0 Å². The topological polar surface area (TPSA) is 26.2 Å². The second-order valence-electron chi connectivity index (χ2n) is 4.86. The number of aryl methyl sites for hydroxylation is 1. The van der Waals surface area contributed by atoms with Crippen molar-refractivity contribution >= 4 is 22.5 Å². The number of ether oxygens (including phenoxy) is 1. The fourth-order valence-electron chi connectivity index (χ4n) is 2.82. The molecule has 0 saturated carbocycles. The van der Waals surface area contributed by atoms with Crippen LogP contribution < -0.4 is 10.1 Å². The highest BCUT2D eigenvalue weighted by Gasteiger charge is 2.21. The molecule has 0 aliphatic carbocycles. The van der Waals surface area contributed by atoms with Crippen LogP contribution in [0.1, 0.15) is 18.0 Å². The van der Waals surface area contributed by atoms with Gasteiger partial charge in [0.05, 0.1) is 12.1 Å². The van der Waals surface area contributed by atoms with E-state index in [0.29, 0.717) is 10.9 Å². The largest absolute Gasteiger partial charge is 0.495 e. The number of rotatable bonds is 2. The molecule has 2 aromatic rings. The van der Waals surface area contributed by atoms with E-state index >= 15 is 0 Å². The molecule has 2 heterocycles. The lowest BCUT2D eigenvalue weighted by Crippen LogP contribution is -2.10. The molecule has 4 heteroatoms. The molecule has 1 N–H and O–H groups in total. The van der Waals surface area contributed by atoms with Crippen LogP contribution in [0.25, 0.3) is 10.9 Å². The summed E-state index contributed by atoms with van der Waals surface area (Å²) < 4.78 is 7.52. The summed E-state index contributed by atoms with van der Waals surface area (Å²) in [5.74, 6) is 1.35. The second-order valence-corrected chi connectivity index (χ2v) is 5.27. The van der Waals surface area contributed by atoms with Crippen LogP contribution in [-0.2, 0) is 7.05 Å². The van der Waals surface area contributed by atoms with E-state index in [-0.39, 0.29) is 0 Å². The van der Waals surface area contributed by atoms with Gasteiger partial charge in [0.2, 0.25) is 0 Å². The zero-order valence-electron chi connectivity index (χ0n) is 10.7. The van der Waals surface area contributed by atoms with Gasteiger partial charge in [-0.15, -0.1) is 0 Å². The third-order valence-electron chi connectivity index (χ3n) is 3.83. The predicted molar refractivity (Wildman–Crippen MR) is 74.7 cm³/mol. The van der Waals surface area contributed by atoms with E-state index in [0.717, 1.165) is 18.8 Å². The van der Waals surface area contributed by atoms with Crippen molar-refractivity contribution in [2.45, 2.75) is 12.3 Å². The molecular weight excluding hydrogens is 248 g/mol. The molecule has 1 atom stereocenters. The maximum absolute atomic E-state index is 6.19. The maximum Gasteiger partial charge on any atom is 0.138 e. The molecular formula is C14H17ClN2O. The summed E-state index contributed by atoms with van der Waals surface area (Å²) in [5, 5.41) is 5.28. The molecule has 1 aromatic carbocycles. The number of methoxy groups -OCH3 is 1. The summed E-state index contributed by atoms with van der Waals surface area (Å²) in [5.41, 5.74) is 2.54. The van der Waals surface area contributed by atoms with Crippen molar-refractivity contribution in [1.82, 2.24) is 9.88 Å². The third kappa shape index (κ3) is 1.78. The average Bonchev–Trinajstić information content (AvgIpc) is 2.98. The summed E-state index contributed by atoms with van der Waals surface area (Å²) in [6, 6.07) is 6.26. The Balaban J connectivity index is 2.14. The first-order valence-electron chi connectivity index (χ1n) is 6.24. The van der Waals surface area contributed by atoms with Gasteiger partial charge in [-0.05, 0) is 31.2 Å². The minimum Gasteiger partial charge on any atom is -0.495 e. The Bertz CT molecular complexity index is 585. The summed E-state index contributed by atoms with van der Waals surface area (Å²) in [6.07, 6.45) is 1.20. The van der Waals surface area contributed by atoms with E-state index in [2.05, 4.69) is 23.0 Å². The Labute approximate surface area is 112 Å². The highest BCUT2D eigenvalue weighted by atomic mass is 35.5. The van der Waals surface area contributed by atoms with Gasteiger partial charge in [0.15, 0.2) is 0 Å². The van der Waals surface area contributed by atoms with Gasteiger partial charge >= 0.3 is 0 Å². The lowest BCUT2D eigenvalue weighted by atomic mass is 10.0. The molecule has 1 aliphatic heterocycles. The van der Waals surface area contributed by atoms with Crippen molar-refractivity contribution in [2.24, 2.45) is 7.05 Å². The van der Waals surface area contributed by atoms with Crippen LogP contribution >= 0.6 is 11.6 Å². The molecule has 1 saturated heterocycles. The molecule has 0 bridgehead atoms. The van der Waals surface area contributed by atoms with Gasteiger partial charge in [-0.1, -0.05) is 11.6 Å². The Kier molecular flexibility index (Phi) is 2.96. The zero-order chi connectivity index (χ0) is 12.7. The fourth-order valence-corrected chi connectivity index (χ4v) is 3.05. The fraction of sp³-hybridized carbons (Fsp3) is 0.429. The van der Waals surface area contributed by atoms with Crippen LogP contribution in [0.4, 0.5) is 0 Å². The smallest absolute Gasteiger partial charge is 0.138 e. The van der Waals surface area contributed by atoms with E-state index in [1.807, 2.05) is 12.1 Å². The molecule has 1 unspecified atom stereocenters. The van der Waals surface area contributed by atoms with Crippen LogP contribution in [0, 0.1) is 0 Å². The summed E-state index contributed by atoms with van der Waals surface area (Å²) in [6.45, 7) is 2.17. The van der Waals surface area contributed by atoms with Gasteiger partial charge in [-0.2, -0.15) is 0 Å². The number of benzene rings is 1. The van der Waals surface area contributed by atoms with Gasteiger partial charge in [-0.25, -0.2) is 0 Å². The highest BCUT2D eigenvalue weighted by molar-refractivity contribution is 6.32. The number of hydrogen-bond acceptors (Lipinski definition) is 2. The van der Waals surface area contributed by atoms with Crippen molar-refractivity contribution in [2.75, 3.05) is 20.2 Å². The monoisotopic (exact) mass is 264 g/mol.